The number of nitrogens with zero attached hydrogens (tertiary/aromatic N) is 1. The van der Waals surface area contributed by atoms with Crippen molar-refractivity contribution in [3.63, 3.8) is 0 Å². The summed E-state index contributed by atoms with van der Waals surface area (Å²) in [5.74, 6) is 0.782. The highest BCUT2D eigenvalue weighted by atomic mass is 127. The first-order valence-electron chi connectivity index (χ1n) is 10.2. The Balaban J connectivity index is 1.57. The van der Waals surface area contributed by atoms with E-state index >= 15 is 0 Å². The van der Waals surface area contributed by atoms with Crippen LogP contribution in [0.5, 0.6) is 5.75 Å². The van der Waals surface area contributed by atoms with E-state index in [4.69, 9.17) is 9.15 Å². The van der Waals surface area contributed by atoms with Gasteiger partial charge >= 0.3 is 0 Å². The van der Waals surface area contributed by atoms with Gasteiger partial charge in [-0.05, 0) is 78.8 Å². The molecule has 1 heterocycles. The summed E-state index contributed by atoms with van der Waals surface area (Å²) in [7, 11) is 1.52. The van der Waals surface area contributed by atoms with E-state index in [9.17, 15) is 9.59 Å². The van der Waals surface area contributed by atoms with Gasteiger partial charge in [-0.3, -0.25) is 9.59 Å². The number of furan rings is 1. The fourth-order valence-electron chi connectivity index (χ4n) is 3.73. The van der Waals surface area contributed by atoms with E-state index in [-0.39, 0.29) is 17.6 Å². The quantitative estimate of drug-likeness (QED) is 0.353. The maximum Gasteiger partial charge on any atom is 0.291 e. The van der Waals surface area contributed by atoms with Gasteiger partial charge in [-0.25, -0.2) is 5.43 Å². The highest BCUT2D eigenvalue weighted by Gasteiger charge is 2.28. The van der Waals surface area contributed by atoms with Gasteiger partial charge in [0.1, 0.15) is 11.5 Å². The van der Waals surface area contributed by atoms with Crippen LogP contribution < -0.4 is 15.5 Å². The van der Waals surface area contributed by atoms with Crippen LogP contribution in [0.1, 0.15) is 50.6 Å². The fourth-order valence-corrected chi connectivity index (χ4v) is 4.09. The molecular formula is C24H22IN3O4. The largest absolute Gasteiger partial charge is 0.496 e. The lowest BCUT2D eigenvalue weighted by Gasteiger charge is -2.14. The number of hydrazone groups is 1. The van der Waals surface area contributed by atoms with Crippen molar-refractivity contribution in [1.82, 2.24) is 5.43 Å². The second-order valence-electron chi connectivity index (χ2n) is 7.37. The third-order valence-electron chi connectivity index (χ3n) is 5.28. The highest BCUT2D eigenvalue weighted by molar-refractivity contribution is 14.1. The van der Waals surface area contributed by atoms with E-state index in [1.807, 2.05) is 31.2 Å². The molecule has 2 N–H and O–H groups in total. The number of benzene rings is 2. The molecule has 2 amide bonds. The average molecular weight is 543 g/mol. The Kier molecular flexibility index (Phi) is 6.59. The summed E-state index contributed by atoms with van der Waals surface area (Å²) in [6.45, 7) is 1.84. The summed E-state index contributed by atoms with van der Waals surface area (Å²) in [5.41, 5.74) is 5.93. The van der Waals surface area contributed by atoms with Crippen LogP contribution in [0.25, 0.3) is 0 Å². The molecule has 7 nitrogen and oxygen atoms in total. The molecule has 0 fully saturated rings. The van der Waals surface area contributed by atoms with E-state index in [0.717, 1.165) is 15.6 Å². The van der Waals surface area contributed by atoms with Gasteiger partial charge in [0, 0.05) is 26.8 Å². The number of hydrogen-bond donors (Lipinski definition) is 2. The van der Waals surface area contributed by atoms with Crippen LogP contribution in [-0.2, 0) is 6.42 Å². The molecule has 164 valence electrons. The number of rotatable bonds is 5. The van der Waals surface area contributed by atoms with Gasteiger partial charge in [-0.2, -0.15) is 5.10 Å². The van der Waals surface area contributed by atoms with Crippen molar-refractivity contribution in [3.8, 4) is 5.75 Å². The first-order chi connectivity index (χ1) is 15.5. The number of carbonyl (C=O) groups is 2. The van der Waals surface area contributed by atoms with Gasteiger partial charge in [0.15, 0.2) is 5.76 Å². The van der Waals surface area contributed by atoms with Gasteiger partial charge < -0.3 is 14.5 Å². The summed E-state index contributed by atoms with van der Waals surface area (Å²) in [5, 5.41) is 7.25. The van der Waals surface area contributed by atoms with Crippen molar-refractivity contribution in [3.05, 3.63) is 80.3 Å². The molecule has 0 bridgehead atoms. The van der Waals surface area contributed by atoms with E-state index in [1.165, 1.54) is 7.11 Å². The predicted octanol–water partition coefficient (Wildman–Crippen LogP) is 4.92. The molecule has 0 saturated carbocycles. The predicted molar refractivity (Wildman–Crippen MR) is 130 cm³/mol. The maximum atomic E-state index is 12.8. The molecule has 8 heteroatoms. The Morgan fingerprint density at radius 1 is 1.06 bits per heavy atom. The van der Waals surface area contributed by atoms with Crippen molar-refractivity contribution in [2.75, 3.05) is 12.4 Å². The molecular weight excluding hydrogens is 521 g/mol. The summed E-state index contributed by atoms with van der Waals surface area (Å²) in [6, 6.07) is 14.5. The molecule has 3 aromatic rings. The van der Waals surface area contributed by atoms with Crippen LogP contribution in [0.15, 0.2) is 58.0 Å². The Labute approximate surface area is 199 Å². The summed E-state index contributed by atoms with van der Waals surface area (Å²) in [6.07, 6.45) is 2.21. The van der Waals surface area contributed by atoms with Crippen molar-refractivity contribution in [2.24, 2.45) is 5.10 Å². The van der Waals surface area contributed by atoms with Crippen molar-refractivity contribution < 1.29 is 18.7 Å². The molecule has 0 spiro atoms. The lowest BCUT2D eigenvalue weighted by atomic mass is 9.93. The van der Waals surface area contributed by atoms with Gasteiger partial charge in [0.2, 0.25) is 0 Å². The number of hydrogen-bond acceptors (Lipinski definition) is 5. The van der Waals surface area contributed by atoms with Crippen LogP contribution >= 0.6 is 22.6 Å². The molecule has 32 heavy (non-hydrogen) atoms. The normalized spacial score (nSPS) is 14.0. The number of carbonyl (C=O) groups excluding carboxylic acids is 2. The molecule has 1 aromatic heterocycles. The van der Waals surface area contributed by atoms with Crippen LogP contribution in [0.3, 0.4) is 0 Å². The van der Waals surface area contributed by atoms with Crippen molar-refractivity contribution in [2.45, 2.75) is 26.2 Å². The summed E-state index contributed by atoms with van der Waals surface area (Å²) in [4.78, 5) is 25.5. The lowest BCUT2D eigenvalue weighted by Crippen LogP contribution is -2.22. The molecule has 0 atom stereocenters. The van der Waals surface area contributed by atoms with Crippen molar-refractivity contribution >= 4 is 45.8 Å². The number of amides is 2. The Hall–Kier alpha value is -3.14. The number of ether oxygens (including phenoxy) is 1. The summed E-state index contributed by atoms with van der Waals surface area (Å²) < 4.78 is 12.3. The number of fused-ring (bicyclic) bond motifs is 1. The Bertz CT molecular complexity index is 1200. The number of methoxy groups -OCH3 is 1. The van der Waals surface area contributed by atoms with Gasteiger partial charge in [-0.15, -0.1) is 0 Å². The minimum Gasteiger partial charge on any atom is -0.496 e. The molecule has 0 aliphatic heterocycles. The first-order valence-corrected chi connectivity index (χ1v) is 11.2. The summed E-state index contributed by atoms with van der Waals surface area (Å²) >= 11 is 2.21. The highest BCUT2D eigenvalue weighted by Crippen LogP contribution is 2.30. The zero-order valence-electron chi connectivity index (χ0n) is 17.7. The van der Waals surface area contributed by atoms with E-state index in [2.05, 4.69) is 38.4 Å². The third kappa shape index (κ3) is 4.55. The zero-order chi connectivity index (χ0) is 22.7. The van der Waals surface area contributed by atoms with Crippen LogP contribution in [0.2, 0.25) is 0 Å². The molecule has 2 aromatic carbocycles. The standard InChI is InChI=1S/C24H22IN3O4/c1-14-21-18(27-28-23(29)17-6-3-4-8-19(17)31-2)7-5-9-20(21)32-22(14)24(30)26-16-12-10-15(25)11-13-16/h3-4,6,8,10-13H,5,7,9H2,1-2H3,(H,26,30)(H,28,29)/b27-18+. The smallest absolute Gasteiger partial charge is 0.291 e. The molecule has 0 radical (unpaired) electrons. The number of para-hydroxylation sites is 1. The zero-order valence-corrected chi connectivity index (χ0v) is 19.9. The fraction of sp³-hybridized carbons (Fsp3) is 0.208. The second kappa shape index (κ2) is 9.56. The molecule has 1 aliphatic carbocycles. The maximum absolute atomic E-state index is 12.8. The lowest BCUT2D eigenvalue weighted by molar-refractivity contribution is 0.0950. The number of halogens is 1. The van der Waals surface area contributed by atoms with Gasteiger partial charge in [0.05, 0.1) is 18.4 Å². The minimum absolute atomic E-state index is 0.263. The van der Waals surface area contributed by atoms with Gasteiger partial charge in [0.25, 0.3) is 11.8 Å². The SMILES string of the molecule is COc1ccccc1C(=O)N/N=C1\CCCc2oc(C(=O)Nc3ccc(I)cc3)c(C)c21. The van der Waals surface area contributed by atoms with E-state index in [0.29, 0.717) is 46.9 Å². The van der Waals surface area contributed by atoms with Crippen LogP contribution in [-0.4, -0.2) is 24.6 Å². The molecule has 0 unspecified atom stereocenters. The van der Waals surface area contributed by atoms with Crippen LogP contribution in [0.4, 0.5) is 5.69 Å². The monoisotopic (exact) mass is 543 g/mol. The van der Waals surface area contributed by atoms with Crippen molar-refractivity contribution in [1.29, 1.82) is 0 Å². The Morgan fingerprint density at radius 3 is 2.56 bits per heavy atom. The number of anilines is 1. The minimum atomic E-state index is -0.361. The molecule has 0 saturated heterocycles. The van der Waals surface area contributed by atoms with E-state index in [1.54, 1.807) is 24.3 Å². The first kappa shape index (κ1) is 22.1. The average Bonchev–Trinajstić information content (AvgIpc) is 3.16. The Morgan fingerprint density at radius 2 is 1.81 bits per heavy atom. The van der Waals surface area contributed by atoms with Gasteiger partial charge in [-0.1, -0.05) is 12.1 Å². The number of nitrogens with one attached hydrogen (secondary N) is 2. The van der Waals surface area contributed by atoms with E-state index < -0.39 is 0 Å². The molecule has 1 aliphatic rings. The molecule has 4 rings (SSSR count). The third-order valence-corrected chi connectivity index (χ3v) is 6.00. The second-order valence-corrected chi connectivity index (χ2v) is 8.61. The van der Waals surface area contributed by atoms with Crippen LogP contribution in [0, 0.1) is 10.5 Å². The topological polar surface area (TPSA) is 92.9 Å². The number of aryl methyl sites for hydroxylation is 1.